The van der Waals surface area contributed by atoms with Gasteiger partial charge < -0.3 is 5.11 Å². The Bertz CT molecular complexity index is 391. The van der Waals surface area contributed by atoms with Gasteiger partial charge in [0.05, 0.1) is 0 Å². The van der Waals surface area contributed by atoms with Gasteiger partial charge in [-0.15, -0.1) is 0 Å². The van der Waals surface area contributed by atoms with E-state index >= 15 is 0 Å². The summed E-state index contributed by atoms with van der Waals surface area (Å²) in [6.45, 7) is 3.44. The Morgan fingerprint density at radius 2 is 1.87 bits per heavy atom. The molecule has 0 saturated heterocycles. The molecule has 0 aliphatic heterocycles. The number of hydrogen-bond donors (Lipinski definition) is 1. The summed E-state index contributed by atoms with van der Waals surface area (Å²) in [4.78, 5) is 10.8. The van der Waals surface area contributed by atoms with Crippen LogP contribution in [0.15, 0.2) is 29.8 Å². The van der Waals surface area contributed by atoms with Gasteiger partial charge in [0.15, 0.2) is 0 Å². The first-order valence-electron chi connectivity index (χ1n) is 4.75. The van der Waals surface area contributed by atoms with Crippen LogP contribution in [0.1, 0.15) is 25.8 Å². The standard InChI is InChI=1S/C12H13FO2/c1-3-11(8(2)12(14)15)9-4-6-10(13)7-5-9/h4-7H,3H2,1-2H3,(H,14,15). The van der Waals surface area contributed by atoms with Crippen molar-refractivity contribution in [2.24, 2.45) is 0 Å². The van der Waals surface area contributed by atoms with Gasteiger partial charge in [0.25, 0.3) is 0 Å². The van der Waals surface area contributed by atoms with E-state index in [9.17, 15) is 9.18 Å². The molecule has 0 unspecified atom stereocenters. The van der Waals surface area contributed by atoms with Crippen molar-refractivity contribution in [3.8, 4) is 0 Å². The van der Waals surface area contributed by atoms with E-state index < -0.39 is 5.97 Å². The predicted molar refractivity (Wildman–Crippen MR) is 56.9 cm³/mol. The van der Waals surface area contributed by atoms with Crippen LogP contribution in [-0.2, 0) is 4.79 Å². The van der Waals surface area contributed by atoms with E-state index in [2.05, 4.69) is 0 Å². The highest BCUT2D eigenvalue weighted by molar-refractivity contribution is 5.95. The summed E-state index contributed by atoms with van der Waals surface area (Å²) in [6, 6.07) is 5.86. The van der Waals surface area contributed by atoms with Crippen molar-refractivity contribution in [1.82, 2.24) is 0 Å². The number of benzene rings is 1. The maximum absolute atomic E-state index is 12.7. The summed E-state index contributed by atoms with van der Waals surface area (Å²) in [5.74, 6) is -1.25. The Hall–Kier alpha value is -1.64. The van der Waals surface area contributed by atoms with Crippen LogP contribution in [0.25, 0.3) is 5.57 Å². The molecule has 1 aromatic rings. The summed E-state index contributed by atoms with van der Waals surface area (Å²) in [5, 5.41) is 8.87. The smallest absolute Gasteiger partial charge is 0.331 e. The van der Waals surface area contributed by atoms with E-state index in [-0.39, 0.29) is 5.82 Å². The molecule has 2 nitrogen and oxygen atoms in total. The number of hydrogen-bond acceptors (Lipinski definition) is 1. The van der Waals surface area contributed by atoms with E-state index in [1.807, 2.05) is 6.92 Å². The van der Waals surface area contributed by atoms with Crippen molar-refractivity contribution >= 4 is 11.5 Å². The van der Waals surface area contributed by atoms with Gasteiger partial charge in [0.1, 0.15) is 5.82 Å². The number of allylic oxidation sites excluding steroid dienone is 1. The lowest BCUT2D eigenvalue weighted by atomic mass is 9.98. The molecule has 1 N–H and O–H groups in total. The molecular formula is C12H13FO2. The first-order chi connectivity index (χ1) is 7.06. The Morgan fingerprint density at radius 3 is 2.27 bits per heavy atom. The maximum atomic E-state index is 12.7. The zero-order valence-electron chi connectivity index (χ0n) is 8.75. The molecule has 0 bridgehead atoms. The van der Waals surface area contributed by atoms with Crippen LogP contribution < -0.4 is 0 Å². The molecule has 0 saturated carbocycles. The third kappa shape index (κ3) is 2.65. The van der Waals surface area contributed by atoms with Crippen molar-refractivity contribution in [3.63, 3.8) is 0 Å². The Kier molecular flexibility index (Phi) is 3.61. The monoisotopic (exact) mass is 208 g/mol. The van der Waals surface area contributed by atoms with Crippen molar-refractivity contribution in [3.05, 3.63) is 41.2 Å². The third-order valence-electron chi connectivity index (χ3n) is 2.32. The molecule has 0 fully saturated rings. The molecule has 1 rings (SSSR count). The largest absolute Gasteiger partial charge is 0.478 e. The number of halogens is 1. The average molecular weight is 208 g/mol. The van der Waals surface area contributed by atoms with Gasteiger partial charge in [-0.05, 0) is 36.6 Å². The zero-order valence-corrected chi connectivity index (χ0v) is 8.75. The Labute approximate surface area is 88.1 Å². The number of carbonyl (C=O) groups is 1. The molecule has 3 heteroatoms. The fourth-order valence-electron chi connectivity index (χ4n) is 1.47. The molecule has 0 heterocycles. The third-order valence-corrected chi connectivity index (χ3v) is 2.32. The first kappa shape index (κ1) is 11.4. The highest BCUT2D eigenvalue weighted by Crippen LogP contribution is 2.22. The number of carboxylic acids is 1. The summed E-state index contributed by atoms with van der Waals surface area (Å²) in [5.41, 5.74) is 1.81. The first-order valence-corrected chi connectivity index (χ1v) is 4.75. The van der Waals surface area contributed by atoms with Crippen LogP contribution in [0, 0.1) is 5.82 Å². The molecule has 0 radical (unpaired) electrons. The van der Waals surface area contributed by atoms with Crippen LogP contribution in [0.5, 0.6) is 0 Å². The highest BCUT2D eigenvalue weighted by atomic mass is 19.1. The number of carboxylic acid groups (broad SMARTS) is 1. The molecule has 0 amide bonds. The van der Waals surface area contributed by atoms with Crippen LogP contribution >= 0.6 is 0 Å². The Morgan fingerprint density at radius 1 is 1.33 bits per heavy atom. The van der Waals surface area contributed by atoms with Crippen molar-refractivity contribution in [1.29, 1.82) is 0 Å². The van der Waals surface area contributed by atoms with E-state index in [4.69, 9.17) is 5.11 Å². The molecule has 1 aromatic carbocycles. The van der Waals surface area contributed by atoms with E-state index in [1.165, 1.54) is 12.1 Å². The lowest BCUT2D eigenvalue weighted by molar-refractivity contribution is -0.132. The van der Waals surface area contributed by atoms with E-state index in [1.54, 1.807) is 19.1 Å². The number of aliphatic carboxylic acids is 1. The molecule has 0 aromatic heterocycles. The van der Waals surface area contributed by atoms with E-state index in [0.29, 0.717) is 12.0 Å². The molecule has 0 aliphatic carbocycles. The molecule has 0 aliphatic rings. The minimum absolute atomic E-state index is 0.309. The van der Waals surface area contributed by atoms with Gasteiger partial charge in [0.2, 0.25) is 0 Å². The normalized spacial score (nSPS) is 12.2. The second kappa shape index (κ2) is 4.73. The lowest BCUT2D eigenvalue weighted by Gasteiger charge is -2.07. The fraction of sp³-hybridized carbons (Fsp3) is 0.250. The van der Waals surface area contributed by atoms with Crippen LogP contribution in [0.2, 0.25) is 0 Å². The average Bonchev–Trinajstić information content (AvgIpc) is 2.21. The van der Waals surface area contributed by atoms with E-state index in [0.717, 1.165) is 11.1 Å². The summed E-state index contributed by atoms with van der Waals surface area (Å²) in [6.07, 6.45) is 0.615. The topological polar surface area (TPSA) is 37.3 Å². The van der Waals surface area contributed by atoms with Crippen LogP contribution in [-0.4, -0.2) is 11.1 Å². The Balaban J connectivity index is 3.19. The van der Waals surface area contributed by atoms with Gasteiger partial charge in [-0.25, -0.2) is 9.18 Å². The van der Waals surface area contributed by atoms with Crippen molar-refractivity contribution < 1.29 is 14.3 Å². The summed E-state index contributed by atoms with van der Waals surface area (Å²) >= 11 is 0. The molecule has 0 atom stereocenters. The molecular weight excluding hydrogens is 195 g/mol. The molecule has 0 spiro atoms. The minimum atomic E-state index is -0.934. The van der Waals surface area contributed by atoms with Crippen molar-refractivity contribution in [2.75, 3.05) is 0 Å². The maximum Gasteiger partial charge on any atom is 0.331 e. The van der Waals surface area contributed by atoms with Gasteiger partial charge in [-0.3, -0.25) is 0 Å². The van der Waals surface area contributed by atoms with Gasteiger partial charge >= 0.3 is 5.97 Å². The molecule has 15 heavy (non-hydrogen) atoms. The highest BCUT2D eigenvalue weighted by Gasteiger charge is 2.09. The SMILES string of the molecule is CCC(=C(C)C(=O)O)c1ccc(F)cc1. The predicted octanol–water partition coefficient (Wildman–Crippen LogP) is 3.09. The lowest BCUT2D eigenvalue weighted by Crippen LogP contribution is -2.00. The van der Waals surface area contributed by atoms with Gasteiger partial charge in [-0.2, -0.15) is 0 Å². The summed E-state index contributed by atoms with van der Waals surface area (Å²) in [7, 11) is 0. The van der Waals surface area contributed by atoms with Crippen LogP contribution in [0.3, 0.4) is 0 Å². The van der Waals surface area contributed by atoms with Gasteiger partial charge in [0, 0.05) is 5.57 Å². The number of rotatable bonds is 3. The second-order valence-corrected chi connectivity index (χ2v) is 3.27. The van der Waals surface area contributed by atoms with Crippen molar-refractivity contribution in [2.45, 2.75) is 20.3 Å². The van der Waals surface area contributed by atoms with Gasteiger partial charge in [-0.1, -0.05) is 19.1 Å². The second-order valence-electron chi connectivity index (χ2n) is 3.27. The minimum Gasteiger partial charge on any atom is -0.478 e. The zero-order chi connectivity index (χ0) is 11.4. The molecule has 80 valence electrons. The fourth-order valence-corrected chi connectivity index (χ4v) is 1.47. The quantitative estimate of drug-likeness (QED) is 0.775. The van der Waals surface area contributed by atoms with Crippen LogP contribution in [0.4, 0.5) is 4.39 Å². The summed E-state index contributed by atoms with van der Waals surface area (Å²) < 4.78 is 12.7.